The van der Waals surface area contributed by atoms with Crippen LogP contribution < -0.4 is 10.5 Å². The van der Waals surface area contributed by atoms with Crippen molar-refractivity contribution in [3.05, 3.63) is 46.0 Å². The topological polar surface area (TPSA) is 95.7 Å². The number of halogens is 1. The Morgan fingerprint density at radius 2 is 1.92 bits per heavy atom. The molecular formula is C18H18ClNO5S. The predicted molar refractivity (Wildman–Crippen MR) is 98.6 cm³/mol. The summed E-state index contributed by atoms with van der Waals surface area (Å²) in [7, 11) is -3.78. The van der Waals surface area contributed by atoms with Gasteiger partial charge in [0, 0.05) is 11.3 Å². The molecule has 6 nitrogen and oxygen atoms in total. The number of fused-ring (bicyclic) bond motifs is 2. The van der Waals surface area contributed by atoms with E-state index in [0.717, 1.165) is 0 Å². The van der Waals surface area contributed by atoms with Crippen LogP contribution in [0.2, 0.25) is 5.02 Å². The van der Waals surface area contributed by atoms with Gasteiger partial charge in [-0.05, 0) is 50.6 Å². The Kier molecular flexibility index (Phi) is 4.62. The van der Waals surface area contributed by atoms with Gasteiger partial charge in [-0.3, -0.25) is 0 Å². The third kappa shape index (κ3) is 3.37. The zero-order valence-electron chi connectivity index (χ0n) is 14.5. The summed E-state index contributed by atoms with van der Waals surface area (Å²) in [5.74, 6) is -0.521. The number of aryl methyl sites for hydroxylation is 1. The van der Waals surface area contributed by atoms with Crippen LogP contribution in [0.15, 0.2) is 29.2 Å². The molecule has 2 aromatic carbocycles. The van der Waals surface area contributed by atoms with E-state index in [1.54, 1.807) is 20.8 Å². The van der Waals surface area contributed by atoms with E-state index in [4.69, 9.17) is 26.8 Å². The number of nitrogens with two attached hydrogens (primary N) is 1. The lowest BCUT2D eigenvalue weighted by atomic mass is 10.1. The maximum absolute atomic E-state index is 12.9. The first-order valence-corrected chi connectivity index (χ1v) is 9.95. The van der Waals surface area contributed by atoms with Crippen molar-refractivity contribution in [2.75, 3.05) is 5.73 Å². The number of benzene rings is 2. The summed E-state index contributed by atoms with van der Waals surface area (Å²) in [6, 6.07) is 5.84. The van der Waals surface area contributed by atoms with E-state index in [0.29, 0.717) is 16.8 Å². The van der Waals surface area contributed by atoms with Gasteiger partial charge < -0.3 is 15.2 Å². The Morgan fingerprint density at radius 1 is 1.23 bits per heavy atom. The zero-order valence-corrected chi connectivity index (χ0v) is 16.1. The summed E-state index contributed by atoms with van der Waals surface area (Å²) >= 11 is 6.20. The average molecular weight is 396 g/mol. The minimum atomic E-state index is -3.78. The number of ether oxygens (including phenoxy) is 2. The summed E-state index contributed by atoms with van der Waals surface area (Å²) in [4.78, 5) is 12.1. The summed E-state index contributed by atoms with van der Waals surface area (Å²) in [6.45, 7) is 5.10. The molecule has 1 aliphatic heterocycles. The normalized spacial score (nSPS) is 14.8. The van der Waals surface area contributed by atoms with Gasteiger partial charge in [-0.1, -0.05) is 11.6 Å². The Bertz CT molecular complexity index is 1010. The lowest BCUT2D eigenvalue weighted by molar-refractivity contribution is 0.0377. The van der Waals surface area contributed by atoms with Gasteiger partial charge >= 0.3 is 5.97 Å². The molecule has 8 heteroatoms. The van der Waals surface area contributed by atoms with E-state index in [9.17, 15) is 13.2 Å². The molecule has 1 aliphatic rings. The highest BCUT2D eigenvalue weighted by molar-refractivity contribution is 7.90. The Balaban J connectivity index is 2.19. The van der Waals surface area contributed by atoms with Crippen molar-refractivity contribution in [2.24, 2.45) is 0 Å². The molecule has 138 valence electrons. The SMILES string of the molecule is Cc1cc(C(=O)OC(C)C)cc2c1Oc1c(Cl)cc(N)cc1CS2(=O)=O. The summed E-state index contributed by atoms with van der Waals surface area (Å²) in [5, 5.41) is 0.228. The molecule has 2 N–H and O–H groups in total. The van der Waals surface area contributed by atoms with Gasteiger partial charge in [-0.25, -0.2) is 13.2 Å². The number of carbonyl (C=O) groups is 1. The fourth-order valence-corrected chi connectivity index (χ4v) is 4.64. The molecule has 0 spiro atoms. The number of hydrogen-bond donors (Lipinski definition) is 1. The summed E-state index contributed by atoms with van der Waals surface area (Å²) in [5.41, 5.74) is 7.13. The van der Waals surface area contributed by atoms with Crippen molar-refractivity contribution in [3.63, 3.8) is 0 Å². The van der Waals surface area contributed by atoms with Crippen molar-refractivity contribution < 1.29 is 22.7 Å². The zero-order chi connectivity index (χ0) is 19.2. The first-order valence-electron chi connectivity index (χ1n) is 7.92. The minimum Gasteiger partial charge on any atom is -0.459 e. The lowest BCUT2D eigenvalue weighted by Crippen LogP contribution is -2.13. The maximum Gasteiger partial charge on any atom is 0.338 e. The number of carbonyl (C=O) groups excluding carboxylic acids is 1. The molecule has 0 aliphatic carbocycles. The highest BCUT2D eigenvalue weighted by atomic mass is 35.5. The van der Waals surface area contributed by atoms with Gasteiger partial charge in [0.1, 0.15) is 16.4 Å². The van der Waals surface area contributed by atoms with Crippen LogP contribution in [-0.4, -0.2) is 20.5 Å². The predicted octanol–water partition coefficient (Wildman–Crippen LogP) is 3.88. The standard InChI is InChI=1S/C18H18ClNO5S/c1-9(2)24-18(21)11-4-10(3)16-15(6-11)26(22,23)8-12-5-13(20)7-14(19)17(12)25-16/h4-7,9H,8,20H2,1-3H3. The van der Waals surface area contributed by atoms with Gasteiger partial charge in [0.2, 0.25) is 0 Å². The van der Waals surface area contributed by atoms with E-state index in [2.05, 4.69) is 0 Å². The van der Waals surface area contributed by atoms with Crippen molar-refractivity contribution in [1.29, 1.82) is 0 Å². The molecule has 0 bridgehead atoms. The molecule has 0 amide bonds. The second kappa shape index (κ2) is 6.48. The molecule has 0 radical (unpaired) electrons. The number of anilines is 1. The van der Waals surface area contributed by atoms with Crippen LogP contribution in [0, 0.1) is 6.92 Å². The average Bonchev–Trinajstić information content (AvgIpc) is 2.60. The quantitative estimate of drug-likeness (QED) is 0.612. The lowest BCUT2D eigenvalue weighted by Gasteiger charge is -2.14. The highest BCUT2D eigenvalue weighted by Gasteiger charge is 2.31. The number of sulfone groups is 1. The Morgan fingerprint density at radius 3 is 2.58 bits per heavy atom. The second-order valence-electron chi connectivity index (χ2n) is 6.43. The van der Waals surface area contributed by atoms with Crippen LogP contribution in [0.1, 0.15) is 35.3 Å². The second-order valence-corrected chi connectivity index (χ2v) is 8.79. The Labute approximate surface area is 156 Å². The molecule has 0 atom stereocenters. The van der Waals surface area contributed by atoms with Gasteiger partial charge in [-0.2, -0.15) is 0 Å². The van der Waals surface area contributed by atoms with Crippen molar-refractivity contribution in [2.45, 2.75) is 37.5 Å². The van der Waals surface area contributed by atoms with E-state index in [1.807, 2.05) is 0 Å². The van der Waals surface area contributed by atoms with Crippen molar-refractivity contribution in [1.82, 2.24) is 0 Å². The van der Waals surface area contributed by atoms with Crippen LogP contribution in [0.25, 0.3) is 0 Å². The highest BCUT2D eigenvalue weighted by Crippen LogP contribution is 2.44. The third-order valence-electron chi connectivity index (χ3n) is 3.85. The molecule has 0 fully saturated rings. The van der Waals surface area contributed by atoms with Crippen LogP contribution in [0.4, 0.5) is 5.69 Å². The van der Waals surface area contributed by atoms with Crippen LogP contribution in [-0.2, 0) is 20.3 Å². The number of esters is 1. The molecule has 3 rings (SSSR count). The smallest absolute Gasteiger partial charge is 0.338 e. The van der Waals surface area contributed by atoms with Crippen LogP contribution in [0.3, 0.4) is 0 Å². The van der Waals surface area contributed by atoms with E-state index >= 15 is 0 Å². The van der Waals surface area contributed by atoms with E-state index < -0.39 is 15.8 Å². The molecular weight excluding hydrogens is 378 g/mol. The Hall–Kier alpha value is -2.25. The largest absolute Gasteiger partial charge is 0.459 e. The molecule has 0 saturated carbocycles. The van der Waals surface area contributed by atoms with Gasteiger partial charge in [-0.15, -0.1) is 0 Å². The number of rotatable bonds is 2. The summed E-state index contributed by atoms with van der Waals surface area (Å²) in [6.07, 6.45) is -0.319. The first kappa shape index (κ1) is 18.5. The third-order valence-corrected chi connectivity index (χ3v) is 5.79. The number of hydrogen-bond acceptors (Lipinski definition) is 6. The van der Waals surface area contributed by atoms with Crippen molar-refractivity contribution >= 4 is 33.1 Å². The minimum absolute atomic E-state index is 0.0703. The van der Waals surface area contributed by atoms with Crippen LogP contribution in [0.5, 0.6) is 11.5 Å². The molecule has 0 saturated heterocycles. The first-order chi connectivity index (χ1) is 12.1. The number of nitrogen functional groups attached to an aromatic ring is 1. The molecule has 0 unspecified atom stereocenters. The fourth-order valence-electron chi connectivity index (χ4n) is 2.78. The fraction of sp³-hybridized carbons (Fsp3) is 0.278. The van der Waals surface area contributed by atoms with E-state index in [1.165, 1.54) is 24.3 Å². The molecule has 2 aromatic rings. The molecule has 1 heterocycles. The van der Waals surface area contributed by atoms with Crippen molar-refractivity contribution in [3.8, 4) is 11.5 Å². The van der Waals surface area contributed by atoms with Gasteiger partial charge in [0.25, 0.3) is 0 Å². The van der Waals surface area contributed by atoms with Gasteiger partial charge in [0.15, 0.2) is 9.84 Å². The van der Waals surface area contributed by atoms with E-state index in [-0.39, 0.29) is 38.8 Å². The monoisotopic (exact) mass is 395 g/mol. The van der Waals surface area contributed by atoms with Gasteiger partial charge in [0.05, 0.1) is 22.4 Å². The molecule has 26 heavy (non-hydrogen) atoms. The van der Waals surface area contributed by atoms with Crippen LogP contribution >= 0.6 is 11.6 Å². The maximum atomic E-state index is 12.9. The molecule has 0 aromatic heterocycles. The summed E-state index contributed by atoms with van der Waals surface area (Å²) < 4.78 is 36.8.